The van der Waals surface area contributed by atoms with Crippen molar-refractivity contribution in [2.45, 2.75) is 60.9 Å². The van der Waals surface area contributed by atoms with Gasteiger partial charge in [-0.15, -0.1) is 0 Å². The highest BCUT2D eigenvalue weighted by molar-refractivity contribution is 5.73. The van der Waals surface area contributed by atoms with Gasteiger partial charge in [0.2, 0.25) is 0 Å². The Kier molecular flexibility index (Phi) is 22.1. The largest absolute Gasteiger partial charge is 0.469 e. The Bertz CT molecular complexity index is 499. The molecule has 0 spiro atoms. The van der Waals surface area contributed by atoms with E-state index in [0.717, 1.165) is 5.56 Å². The third-order valence-corrected chi connectivity index (χ3v) is 2.98. The van der Waals surface area contributed by atoms with Gasteiger partial charge in [0.1, 0.15) is 0 Å². The lowest BCUT2D eigenvalue weighted by Gasteiger charge is -2.18. The van der Waals surface area contributed by atoms with E-state index in [1.807, 2.05) is 59.8 Å². The number of nitrogens with two attached hydrogens (primary N) is 1. The maximum atomic E-state index is 11.5. The molecule has 25 heavy (non-hydrogen) atoms. The fourth-order valence-corrected chi connectivity index (χ4v) is 1.66. The number of rotatable bonds is 4. The molecule has 0 amide bonds. The third-order valence-electron chi connectivity index (χ3n) is 2.98. The van der Waals surface area contributed by atoms with Gasteiger partial charge in [-0.05, 0) is 44.9 Å². The monoisotopic (exact) mass is 348 g/mol. The molecule has 0 saturated carbocycles. The van der Waals surface area contributed by atoms with Crippen LogP contribution in [-0.4, -0.2) is 19.1 Å². The summed E-state index contributed by atoms with van der Waals surface area (Å²) in [7, 11) is 1.35. The first-order chi connectivity index (χ1) is 12.0. The van der Waals surface area contributed by atoms with Crippen molar-refractivity contribution >= 4 is 5.97 Å². The number of allylic oxidation sites excluding steroid dienone is 2. The van der Waals surface area contributed by atoms with E-state index in [4.69, 9.17) is 15.7 Å². The zero-order valence-electron chi connectivity index (χ0n) is 17.2. The lowest BCUT2D eigenvalue weighted by molar-refractivity contribution is -0.146. The third kappa shape index (κ3) is 14.0. The van der Waals surface area contributed by atoms with E-state index in [1.165, 1.54) is 7.11 Å². The van der Waals surface area contributed by atoms with Gasteiger partial charge in [-0.25, -0.2) is 0 Å². The second-order valence-corrected chi connectivity index (χ2v) is 4.67. The lowest BCUT2D eigenvalue weighted by Crippen LogP contribution is -2.35. The van der Waals surface area contributed by atoms with Crippen molar-refractivity contribution < 1.29 is 9.53 Å². The minimum absolute atomic E-state index is 0.284. The van der Waals surface area contributed by atoms with Gasteiger partial charge >= 0.3 is 5.97 Å². The van der Waals surface area contributed by atoms with E-state index in [9.17, 15) is 4.79 Å². The average Bonchev–Trinajstić information content (AvgIpc) is 2.68. The summed E-state index contributed by atoms with van der Waals surface area (Å²) < 4.78 is 4.72. The van der Waals surface area contributed by atoms with E-state index in [-0.39, 0.29) is 17.9 Å². The molecular weight excluding hydrogens is 312 g/mol. The maximum Gasteiger partial charge on any atom is 0.310 e. The molecule has 0 bridgehead atoms. The number of hydrogen-bond donors (Lipinski definition) is 1. The molecule has 1 rings (SSSR count). The zero-order chi connectivity index (χ0) is 20.3. The molecule has 2 atom stereocenters. The Morgan fingerprint density at radius 1 is 1.24 bits per heavy atom. The summed E-state index contributed by atoms with van der Waals surface area (Å²) in [5.74, 6) is -0.698. The Hall–Kier alpha value is -2.12. The summed E-state index contributed by atoms with van der Waals surface area (Å²) >= 11 is 0. The Balaban J connectivity index is -0.000000518. The lowest BCUT2D eigenvalue weighted by atomic mass is 9.93. The summed E-state index contributed by atoms with van der Waals surface area (Å²) in [5, 5.41) is 8.79. The van der Waals surface area contributed by atoms with Gasteiger partial charge in [0, 0.05) is 6.04 Å². The van der Waals surface area contributed by atoms with Gasteiger partial charge in [-0.2, -0.15) is 5.26 Å². The summed E-state index contributed by atoms with van der Waals surface area (Å²) in [4.78, 5) is 11.5. The number of hydrogen-bond acceptors (Lipinski definition) is 4. The van der Waals surface area contributed by atoms with Crippen LogP contribution in [-0.2, 0) is 16.0 Å². The number of esters is 1. The molecule has 1 aromatic carbocycles. The van der Waals surface area contributed by atoms with Crippen molar-refractivity contribution in [3.63, 3.8) is 0 Å². The molecular formula is C21H36N2O2. The number of carbonyl (C=O) groups excluding carboxylic acids is 1. The van der Waals surface area contributed by atoms with Crippen LogP contribution in [0.5, 0.6) is 0 Å². The van der Waals surface area contributed by atoms with Crippen molar-refractivity contribution in [2.24, 2.45) is 11.7 Å². The smallest absolute Gasteiger partial charge is 0.310 e. The van der Waals surface area contributed by atoms with Crippen LogP contribution in [0.1, 0.15) is 59.6 Å². The van der Waals surface area contributed by atoms with Crippen LogP contribution in [0.25, 0.3) is 0 Å². The van der Waals surface area contributed by atoms with E-state index in [0.29, 0.717) is 12.0 Å². The van der Waals surface area contributed by atoms with E-state index >= 15 is 0 Å². The Labute approximate surface area is 154 Å². The van der Waals surface area contributed by atoms with Crippen LogP contribution in [0.3, 0.4) is 0 Å². The van der Waals surface area contributed by atoms with Crippen LogP contribution >= 0.6 is 0 Å². The Morgan fingerprint density at radius 2 is 1.76 bits per heavy atom. The van der Waals surface area contributed by atoms with Gasteiger partial charge in [0.25, 0.3) is 0 Å². The molecule has 1 unspecified atom stereocenters. The highest BCUT2D eigenvalue weighted by atomic mass is 16.5. The normalized spacial score (nSPS) is 11.2. The van der Waals surface area contributed by atoms with E-state index in [1.54, 1.807) is 25.1 Å². The van der Waals surface area contributed by atoms with Crippen LogP contribution in [0, 0.1) is 17.2 Å². The summed E-state index contributed by atoms with van der Waals surface area (Å²) in [6.45, 7) is 13.8. The fourth-order valence-electron chi connectivity index (χ4n) is 1.66. The molecule has 1 aromatic rings. The van der Waals surface area contributed by atoms with Crippen LogP contribution in [0.15, 0.2) is 36.4 Å². The summed E-state index contributed by atoms with van der Waals surface area (Å²) in [6, 6.07) is 8.94. The van der Waals surface area contributed by atoms with Crippen molar-refractivity contribution in [1.29, 1.82) is 5.26 Å². The molecule has 2 N–H and O–H groups in total. The molecule has 142 valence electrons. The second-order valence-electron chi connectivity index (χ2n) is 4.67. The number of carbonyl (C=O) groups is 1. The number of methoxy groups -OCH3 is 1. The quantitative estimate of drug-likeness (QED) is 0.622. The zero-order valence-corrected chi connectivity index (χ0v) is 17.2. The Morgan fingerprint density at radius 3 is 2.12 bits per heavy atom. The first kappa shape index (κ1) is 27.7. The van der Waals surface area contributed by atoms with E-state index in [2.05, 4.69) is 6.07 Å². The van der Waals surface area contributed by atoms with Crippen molar-refractivity contribution in [3.8, 4) is 6.07 Å². The van der Waals surface area contributed by atoms with Gasteiger partial charge in [-0.1, -0.05) is 52.0 Å². The van der Waals surface area contributed by atoms with E-state index < -0.39 is 0 Å². The first-order valence-corrected chi connectivity index (χ1v) is 8.89. The fraction of sp³-hybridized carbons (Fsp3) is 0.524. The molecule has 0 saturated heterocycles. The number of ether oxygens (including phenoxy) is 1. The number of nitrogens with zero attached hydrogens (tertiary/aromatic N) is 1. The van der Waals surface area contributed by atoms with Crippen LogP contribution < -0.4 is 5.73 Å². The number of nitriles is 1. The van der Waals surface area contributed by atoms with Gasteiger partial charge in [0.15, 0.2) is 0 Å². The van der Waals surface area contributed by atoms with Gasteiger partial charge in [-0.3, -0.25) is 4.79 Å². The standard InChI is InChI=1S/C13H16N2O2.C4H8.2C2H6/c1-9(15)12(13(16)17-2)7-10-4-3-5-11(6-10)8-14;1-3-4-2;2*1-2/h3-6,9,12H,7,15H2,1-2H3;3-4H,1-2H3;2*1-2H3/b;4-3-;;/t9?,12-;;;/m1.../s1. The minimum atomic E-state index is -0.381. The molecule has 4 heteroatoms. The van der Waals surface area contributed by atoms with Crippen LogP contribution in [0.2, 0.25) is 0 Å². The predicted molar refractivity (Wildman–Crippen MR) is 107 cm³/mol. The summed E-state index contributed by atoms with van der Waals surface area (Å²) in [5.41, 5.74) is 7.26. The molecule has 0 aromatic heterocycles. The highest BCUT2D eigenvalue weighted by Gasteiger charge is 2.23. The second kappa shape index (κ2) is 19.9. The number of benzene rings is 1. The average molecular weight is 349 g/mol. The first-order valence-electron chi connectivity index (χ1n) is 8.89. The van der Waals surface area contributed by atoms with Crippen molar-refractivity contribution in [2.75, 3.05) is 7.11 Å². The molecule has 0 heterocycles. The van der Waals surface area contributed by atoms with Gasteiger partial charge in [0.05, 0.1) is 24.7 Å². The maximum absolute atomic E-state index is 11.5. The molecule has 0 radical (unpaired) electrons. The topological polar surface area (TPSA) is 76.1 Å². The predicted octanol–water partition coefficient (Wildman–Crippen LogP) is 4.87. The van der Waals surface area contributed by atoms with Crippen LogP contribution in [0.4, 0.5) is 0 Å². The van der Waals surface area contributed by atoms with Gasteiger partial charge < -0.3 is 10.5 Å². The van der Waals surface area contributed by atoms with Crippen molar-refractivity contribution in [3.05, 3.63) is 47.5 Å². The molecule has 4 nitrogen and oxygen atoms in total. The molecule has 0 aliphatic heterocycles. The highest BCUT2D eigenvalue weighted by Crippen LogP contribution is 2.14. The van der Waals surface area contributed by atoms with Crippen molar-refractivity contribution in [1.82, 2.24) is 0 Å². The minimum Gasteiger partial charge on any atom is -0.469 e. The molecule has 0 aliphatic rings. The molecule has 0 aliphatic carbocycles. The molecule has 0 fully saturated rings. The summed E-state index contributed by atoms with van der Waals surface area (Å²) in [6.07, 6.45) is 4.49. The SMILES string of the molecule is C/C=C\C.CC.CC.COC(=O)[C@H](Cc1cccc(C#N)c1)C(C)N.